The van der Waals surface area contributed by atoms with Gasteiger partial charge in [-0.1, -0.05) is 6.07 Å². The lowest BCUT2D eigenvalue weighted by molar-refractivity contribution is 0.676. The maximum atomic E-state index is 12.4. The fourth-order valence-electron chi connectivity index (χ4n) is 3.52. The number of fused-ring (bicyclic) bond motifs is 1. The molecule has 3 aromatic rings. The number of benzene rings is 1. The van der Waals surface area contributed by atoms with E-state index in [0.29, 0.717) is 12.4 Å². The van der Waals surface area contributed by atoms with Crippen LogP contribution in [0, 0.1) is 18.3 Å². The Morgan fingerprint density at radius 2 is 2.00 bits per heavy atom. The number of hydrogen-bond donors (Lipinski definition) is 0. The predicted molar refractivity (Wildman–Crippen MR) is 105 cm³/mol. The summed E-state index contributed by atoms with van der Waals surface area (Å²) in [5.74, 6) is 0.349. The van der Waals surface area contributed by atoms with E-state index in [-0.39, 0.29) is 5.56 Å². The van der Waals surface area contributed by atoms with Crippen molar-refractivity contribution in [3.05, 3.63) is 60.6 Å². The first-order valence-electron chi connectivity index (χ1n) is 8.45. The number of thiazole rings is 1. The first-order valence-corrected chi connectivity index (χ1v) is 9.33. The summed E-state index contributed by atoms with van der Waals surface area (Å²) in [5.41, 5.74) is 2.96. The predicted octanol–water partition coefficient (Wildman–Crippen LogP) is 2.08. The summed E-state index contributed by atoms with van der Waals surface area (Å²) in [6, 6.07) is 8.02. The minimum atomic E-state index is -0.571. The lowest BCUT2D eigenvalue weighted by Gasteiger charge is -2.23. The van der Waals surface area contributed by atoms with Gasteiger partial charge in [0.1, 0.15) is 11.9 Å². The third-order valence-electron chi connectivity index (χ3n) is 4.89. The molecule has 0 radical (unpaired) electrons. The second-order valence-corrected chi connectivity index (χ2v) is 7.58. The van der Waals surface area contributed by atoms with Crippen LogP contribution in [0.25, 0.3) is 11.3 Å². The normalized spacial score (nSPS) is 12.9. The van der Waals surface area contributed by atoms with Crippen molar-refractivity contribution in [1.29, 1.82) is 5.26 Å². The molecule has 0 N–H and O–H groups in total. The third-order valence-corrected chi connectivity index (χ3v) is 5.66. The second kappa shape index (κ2) is 6.21. The van der Waals surface area contributed by atoms with Gasteiger partial charge in [0, 0.05) is 37.3 Å². The smallest absolute Gasteiger partial charge is 0.326 e. The highest BCUT2D eigenvalue weighted by molar-refractivity contribution is 7.09. The fourth-order valence-corrected chi connectivity index (χ4v) is 4.15. The van der Waals surface area contributed by atoms with Crippen LogP contribution < -0.4 is 16.1 Å². The molecule has 1 aromatic carbocycles. The molecule has 8 heteroatoms. The highest BCUT2D eigenvalue weighted by atomic mass is 32.1. The molecule has 0 saturated carbocycles. The molecule has 0 saturated heterocycles. The molecule has 4 rings (SSSR count). The van der Waals surface area contributed by atoms with Crippen molar-refractivity contribution in [2.75, 3.05) is 11.4 Å². The SMILES string of the molecule is Cc1nc(-c2ccc3c(c2)CCN3c2c(C#N)c(=O)n(C)c(=O)n2C)cs1. The average molecular weight is 379 g/mol. The van der Waals surface area contributed by atoms with E-state index in [0.717, 1.165) is 38.5 Å². The molecule has 7 nitrogen and oxygen atoms in total. The number of hydrogen-bond acceptors (Lipinski definition) is 6. The van der Waals surface area contributed by atoms with Crippen molar-refractivity contribution >= 4 is 22.8 Å². The summed E-state index contributed by atoms with van der Waals surface area (Å²) in [6.45, 7) is 2.58. The molecule has 27 heavy (non-hydrogen) atoms. The molecule has 0 spiro atoms. The zero-order chi connectivity index (χ0) is 19.3. The van der Waals surface area contributed by atoms with Gasteiger partial charge in [0.15, 0.2) is 5.56 Å². The number of anilines is 2. The van der Waals surface area contributed by atoms with Crippen molar-refractivity contribution in [2.24, 2.45) is 14.1 Å². The minimum absolute atomic E-state index is 0.0216. The summed E-state index contributed by atoms with van der Waals surface area (Å²) in [5, 5.41) is 12.6. The van der Waals surface area contributed by atoms with Crippen molar-refractivity contribution < 1.29 is 0 Å². The van der Waals surface area contributed by atoms with Gasteiger partial charge in [0.25, 0.3) is 5.56 Å². The third kappa shape index (κ3) is 2.59. The monoisotopic (exact) mass is 379 g/mol. The van der Waals surface area contributed by atoms with Gasteiger partial charge in [-0.15, -0.1) is 11.3 Å². The summed E-state index contributed by atoms with van der Waals surface area (Å²) in [4.78, 5) is 31.2. The van der Waals surface area contributed by atoms with Crippen LogP contribution in [-0.2, 0) is 20.5 Å². The van der Waals surface area contributed by atoms with Crippen molar-refractivity contribution in [1.82, 2.24) is 14.1 Å². The van der Waals surface area contributed by atoms with E-state index < -0.39 is 11.2 Å². The van der Waals surface area contributed by atoms with Crippen molar-refractivity contribution in [3.8, 4) is 17.3 Å². The Kier molecular flexibility index (Phi) is 3.97. The maximum Gasteiger partial charge on any atom is 0.332 e. The topological polar surface area (TPSA) is 83.9 Å². The van der Waals surface area contributed by atoms with E-state index in [1.165, 1.54) is 11.6 Å². The van der Waals surface area contributed by atoms with Crippen LogP contribution in [-0.4, -0.2) is 20.7 Å². The van der Waals surface area contributed by atoms with Gasteiger partial charge in [0.05, 0.1) is 10.7 Å². The van der Waals surface area contributed by atoms with Crippen LogP contribution in [0.5, 0.6) is 0 Å². The van der Waals surface area contributed by atoms with Crippen LogP contribution in [0.3, 0.4) is 0 Å². The Labute approximate surface area is 159 Å². The van der Waals surface area contributed by atoms with Crippen LogP contribution in [0.1, 0.15) is 16.1 Å². The highest BCUT2D eigenvalue weighted by Crippen LogP contribution is 2.37. The quantitative estimate of drug-likeness (QED) is 0.681. The Bertz CT molecular complexity index is 1230. The number of nitriles is 1. The van der Waals surface area contributed by atoms with E-state index in [9.17, 15) is 14.9 Å². The minimum Gasteiger partial charge on any atom is -0.326 e. The maximum absolute atomic E-state index is 12.4. The van der Waals surface area contributed by atoms with Crippen LogP contribution in [0.15, 0.2) is 33.2 Å². The molecule has 0 bridgehead atoms. The fraction of sp³-hybridized carbons (Fsp3) is 0.263. The van der Waals surface area contributed by atoms with Crippen molar-refractivity contribution in [2.45, 2.75) is 13.3 Å². The largest absolute Gasteiger partial charge is 0.332 e. The zero-order valence-corrected chi connectivity index (χ0v) is 16.0. The van der Waals surface area contributed by atoms with Crippen LogP contribution >= 0.6 is 11.3 Å². The standard InChI is InChI=1S/C19H17N5O2S/c1-11-21-15(10-27-11)12-4-5-16-13(8-12)6-7-24(16)17-14(9-20)18(25)23(3)19(26)22(17)2/h4-5,8,10H,6-7H2,1-3H3. The van der Waals surface area contributed by atoms with E-state index in [2.05, 4.69) is 11.1 Å². The second-order valence-electron chi connectivity index (χ2n) is 6.51. The van der Waals surface area contributed by atoms with Gasteiger partial charge in [-0.05, 0) is 31.0 Å². The summed E-state index contributed by atoms with van der Waals surface area (Å²) < 4.78 is 2.33. The molecule has 136 valence electrons. The van der Waals surface area contributed by atoms with Crippen LogP contribution in [0.4, 0.5) is 11.5 Å². The average Bonchev–Trinajstić information content (AvgIpc) is 3.28. The number of rotatable bonds is 2. The molecule has 3 heterocycles. The molecule has 0 atom stereocenters. The highest BCUT2D eigenvalue weighted by Gasteiger charge is 2.27. The van der Waals surface area contributed by atoms with Gasteiger partial charge in [-0.25, -0.2) is 9.78 Å². The molecule has 1 aliphatic heterocycles. The van der Waals surface area contributed by atoms with Gasteiger partial charge < -0.3 is 4.90 Å². The summed E-state index contributed by atoms with van der Waals surface area (Å²) in [7, 11) is 2.97. The summed E-state index contributed by atoms with van der Waals surface area (Å²) >= 11 is 1.61. The molecule has 2 aromatic heterocycles. The first kappa shape index (κ1) is 17.2. The van der Waals surface area contributed by atoms with Crippen molar-refractivity contribution in [3.63, 3.8) is 0 Å². The Morgan fingerprint density at radius 1 is 1.22 bits per heavy atom. The number of aromatic nitrogens is 3. The molecule has 0 amide bonds. The van der Waals surface area contributed by atoms with E-state index in [1.807, 2.05) is 35.4 Å². The van der Waals surface area contributed by atoms with Gasteiger partial charge in [-0.2, -0.15) is 5.26 Å². The number of nitrogens with zero attached hydrogens (tertiary/aromatic N) is 5. The van der Waals surface area contributed by atoms with E-state index >= 15 is 0 Å². The lowest BCUT2D eigenvalue weighted by atomic mass is 10.1. The summed E-state index contributed by atoms with van der Waals surface area (Å²) in [6.07, 6.45) is 0.764. The molecule has 0 fully saturated rings. The van der Waals surface area contributed by atoms with Gasteiger partial charge in [0.2, 0.25) is 0 Å². The van der Waals surface area contributed by atoms with Gasteiger partial charge in [-0.3, -0.25) is 13.9 Å². The Hall–Kier alpha value is -3.18. The molecular formula is C19H17N5O2S. The first-order chi connectivity index (χ1) is 12.9. The van der Waals surface area contributed by atoms with E-state index in [1.54, 1.807) is 18.4 Å². The molecule has 1 aliphatic rings. The number of aryl methyl sites for hydroxylation is 1. The molecule has 0 unspecified atom stereocenters. The van der Waals surface area contributed by atoms with E-state index in [4.69, 9.17) is 0 Å². The Balaban J connectivity index is 1.86. The molecule has 0 aliphatic carbocycles. The Morgan fingerprint density at radius 3 is 2.67 bits per heavy atom. The lowest BCUT2D eigenvalue weighted by Crippen LogP contribution is -2.41. The zero-order valence-electron chi connectivity index (χ0n) is 15.2. The molecular weight excluding hydrogens is 362 g/mol. The van der Waals surface area contributed by atoms with Crippen LogP contribution in [0.2, 0.25) is 0 Å². The van der Waals surface area contributed by atoms with Gasteiger partial charge >= 0.3 is 5.69 Å².